The number of nitrogens with one attached hydrogen (secondary N) is 2. The molecule has 3 atom stereocenters. The van der Waals surface area contributed by atoms with Gasteiger partial charge in [-0.2, -0.15) is 0 Å². The predicted molar refractivity (Wildman–Crippen MR) is 233 cm³/mol. The summed E-state index contributed by atoms with van der Waals surface area (Å²) in [4.78, 5) is 33.3. The molecule has 3 unspecified atom stereocenters. The van der Waals surface area contributed by atoms with Crippen molar-refractivity contribution >= 4 is 45.6 Å². The van der Waals surface area contributed by atoms with E-state index in [1.54, 1.807) is 36.7 Å². The number of aromatic nitrogens is 4. The standard InChI is InChI=1S/C45H47F2N9O4S/c1-4-60-39-27-37-28(11-13-31-26-30(16-19-55(31)37)53-20-22-54(23-21-53)61(3)58)25-36(39)50-45-48-17-15-35(49-45)43-41(51-40-10-5-6-18-56(40)43)29-12-14-38(59-2)32(24-29)44(57)52-42-33(46)8-7-9-34(42)47/h5-10,12,14-15,17-18,24-25,27,30-31H,4,11,13,16,19-23,26H2,1-3H3,(H,52,57)(H,48,49,50). The molecule has 0 saturated carbocycles. The normalized spacial score (nSPS) is 18.6. The van der Waals surface area contributed by atoms with E-state index in [0.717, 1.165) is 82.0 Å². The predicted octanol–water partition coefficient (Wildman–Crippen LogP) is 7.33. The molecule has 0 bridgehead atoms. The minimum absolute atomic E-state index is 0.0625. The van der Waals surface area contributed by atoms with Crippen molar-refractivity contribution < 1.29 is 27.3 Å². The van der Waals surface area contributed by atoms with Crippen LogP contribution in [0.1, 0.15) is 42.1 Å². The number of amides is 1. The molecule has 2 fully saturated rings. The minimum Gasteiger partial charge on any atom is -0.496 e. The van der Waals surface area contributed by atoms with Crippen molar-refractivity contribution in [3.8, 4) is 34.1 Å². The van der Waals surface area contributed by atoms with Crippen LogP contribution >= 0.6 is 0 Å². The molecule has 16 heteroatoms. The molecule has 0 spiro atoms. The van der Waals surface area contributed by atoms with Gasteiger partial charge in [-0.05, 0) is 92.8 Å². The summed E-state index contributed by atoms with van der Waals surface area (Å²) in [6.45, 7) is 7.05. The summed E-state index contributed by atoms with van der Waals surface area (Å²) in [6, 6.07) is 21.1. The van der Waals surface area contributed by atoms with Crippen LogP contribution in [0.15, 0.2) is 85.2 Å². The molecule has 3 aliphatic rings. The molecular formula is C45H47F2N9O4S. The van der Waals surface area contributed by atoms with Gasteiger partial charge in [0.05, 0.1) is 53.0 Å². The van der Waals surface area contributed by atoms with E-state index >= 15 is 0 Å². The Bertz CT molecular complexity index is 2620. The molecule has 13 nitrogen and oxygen atoms in total. The van der Waals surface area contributed by atoms with E-state index < -0.39 is 34.2 Å². The highest BCUT2D eigenvalue weighted by molar-refractivity contribution is 7.81. The number of hydrogen-bond acceptors (Lipinski definition) is 10. The van der Waals surface area contributed by atoms with Crippen LogP contribution in [0, 0.1) is 11.6 Å². The van der Waals surface area contributed by atoms with Gasteiger partial charge < -0.3 is 25.0 Å². The molecule has 2 saturated heterocycles. The first-order chi connectivity index (χ1) is 29.7. The lowest BCUT2D eigenvalue weighted by Gasteiger charge is -2.48. The van der Waals surface area contributed by atoms with Crippen LogP contribution in [-0.2, 0) is 17.4 Å². The third-order valence-electron chi connectivity index (χ3n) is 12.0. The molecule has 3 aliphatic heterocycles. The van der Waals surface area contributed by atoms with E-state index in [1.807, 2.05) is 35.7 Å². The van der Waals surface area contributed by atoms with E-state index in [4.69, 9.17) is 19.4 Å². The Hall–Kier alpha value is -5.97. The van der Waals surface area contributed by atoms with Gasteiger partial charge in [0.15, 0.2) is 0 Å². The number of nitrogens with zero attached hydrogens (tertiary/aromatic N) is 7. The Balaban J connectivity index is 0.998. The first kappa shape index (κ1) is 40.4. The summed E-state index contributed by atoms with van der Waals surface area (Å²) in [5.41, 5.74) is 5.67. The first-order valence-electron chi connectivity index (χ1n) is 20.6. The van der Waals surface area contributed by atoms with Gasteiger partial charge in [0, 0.05) is 80.8 Å². The maximum atomic E-state index is 14.5. The number of imidazole rings is 1. The number of carbonyl (C=O) groups is 1. The van der Waals surface area contributed by atoms with Crippen LogP contribution < -0.4 is 25.0 Å². The highest BCUT2D eigenvalue weighted by atomic mass is 32.2. The van der Waals surface area contributed by atoms with Crippen molar-refractivity contribution in [2.45, 2.75) is 44.7 Å². The Kier molecular flexibility index (Phi) is 11.4. The highest BCUT2D eigenvalue weighted by Crippen LogP contribution is 2.43. The smallest absolute Gasteiger partial charge is 0.259 e. The number of ether oxygens (including phenoxy) is 2. The quantitative estimate of drug-likeness (QED) is 0.137. The van der Waals surface area contributed by atoms with E-state index in [1.165, 1.54) is 24.4 Å². The van der Waals surface area contributed by atoms with Crippen molar-refractivity contribution in [2.24, 2.45) is 0 Å². The lowest BCUT2D eigenvalue weighted by atomic mass is 9.86. The van der Waals surface area contributed by atoms with Gasteiger partial charge in [0.2, 0.25) is 5.95 Å². The second-order valence-corrected chi connectivity index (χ2v) is 16.8. The van der Waals surface area contributed by atoms with Gasteiger partial charge in [-0.1, -0.05) is 12.1 Å². The van der Waals surface area contributed by atoms with Crippen molar-refractivity contribution in [2.75, 3.05) is 68.2 Å². The molecule has 0 aliphatic carbocycles. The number of rotatable bonds is 11. The fourth-order valence-corrected chi connectivity index (χ4v) is 9.68. The number of piperidine rings is 1. The van der Waals surface area contributed by atoms with Crippen LogP contribution in [-0.4, -0.2) is 103 Å². The van der Waals surface area contributed by atoms with E-state index in [2.05, 4.69) is 41.9 Å². The van der Waals surface area contributed by atoms with E-state index in [9.17, 15) is 17.8 Å². The van der Waals surface area contributed by atoms with Gasteiger partial charge in [0.1, 0.15) is 34.5 Å². The van der Waals surface area contributed by atoms with Gasteiger partial charge in [-0.3, -0.25) is 14.1 Å². The number of hydrogen-bond donors (Lipinski definition) is 2. The van der Waals surface area contributed by atoms with Crippen LogP contribution in [0.2, 0.25) is 0 Å². The number of pyridine rings is 1. The van der Waals surface area contributed by atoms with Crippen LogP contribution in [0.4, 0.5) is 31.8 Å². The van der Waals surface area contributed by atoms with Gasteiger partial charge >= 0.3 is 0 Å². The molecule has 6 heterocycles. The number of aryl methyl sites for hydroxylation is 1. The molecule has 316 valence electrons. The Morgan fingerprint density at radius 2 is 1.74 bits per heavy atom. The van der Waals surface area contributed by atoms with Crippen molar-refractivity contribution in [3.63, 3.8) is 0 Å². The summed E-state index contributed by atoms with van der Waals surface area (Å²) in [5, 5.41) is 5.83. The number of fused-ring (bicyclic) bond motifs is 4. The number of carbonyl (C=O) groups excluding carboxylic acids is 1. The van der Waals surface area contributed by atoms with Crippen molar-refractivity contribution in [3.05, 3.63) is 108 Å². The number of piperazine rings is 1. The average Bonchev–Trinajstić information content (AvgIpc) is 3.67. The highest BCUT2D eigenvalue weighted by Gasteiger charge is 2.37. The van der Waals surface area contributed by atoms with Gasteiger partial charge in [-0.25, -0.2) is 32.2 Å². The SMILES string of the molecule is CCOc1cc2c(cc1Nc1nccc(-c3c(-c4ccc(OC)c(C(=O)Nc5c(F)cccc5F)c4)nc4ccccn34)n1)CCC1CC(N3CCN(S(C)=O)CC3)CCN21. The zero-order valence-corrected chi connectivity index (χ0v) is 35.1. The molecule has 0 radical (unpaired) electrons. The number of anilines is 4. The largest absolute Gasteiger partial charge is 0.496 e. The fraction of sp³-hybridized carbons (Fsp3) is 0.333. The third-order valence-corrected chi connectivity index (χ3v) is 13.1. The van der Waals surface area contributed by atoms with Gasteiger partial charge in [0.25, 0.3) is 5.91 Å². The van der Waals surface area contributed by atoms with Gasteiger partial charge in [-0.15, -0.1) is 0 Å². The summed E-state index contributed by atoms with van der Waals surface area (Å²) >= 11 is 0. The van der Waals surface area contributed by atoms with Crippen LogP contribution in [0.5, 0.6) is 11.5 Å². The summed E-state index contributed by atoms with van der Waals surface area (Å²) in [5.74, 6) is -1.25. The molecular weight excluding hydrogens is 801 g/mol. The minimum atomic E-state index is -0.915. The Labute approximate surface area is 355 Å². The van der Waals surface area contributed by atoms with Crippen LogP contribution in [0.3, 0.4) is 0 Å². The lowest BCUT2D eigenvalue weighted by Crippen LogP contribution is -2.56. The molecule has 3 aromatic carbocycles. The maximum Gasteiger partial charge on any atom is 0.259 e. The molecule has 61 heavy (non-hydrogen) atoms. The summed E-state index contributed by atoms with van der Waals surface area (Å²) in [6.07, 6.45) is 9.54. The van der Waals surface area contributed by atoms with E-state index in [-0.39, 0.29) is 11.3 Å². The number of halogens is 2. The number of methoxy groups -OCH3 is 1. The molecule has 2 N–H and O–H groups in total. The van der Waals surface area contributed by atoms with E-state index in [0.29, 0.717) is 52.9 Å². The van der Waals surface area contributed by atoms with Crippen LogP contribution in [0.25, 0.3) is 28.3 Å². The molecule has 1 amide bonds. The summed E-state index contributed by atoms with van der Waals surface area (Å²) in [7, 11) is 0.505. The van der Waals surface area contributed by atoms with Crippen molar-refractivity contribution in [1.29, 1.82) is 0 Å². The second-order valence-electron chi connectivity index (χ2n) is 15.5. The third kappa shape index (κ3) is 8.02. The maximum absolute atomic E-state index is 14.5. The average molecular weight is 848 g/mol. The fourth-order valence-electron chi connectivity index (χ4n) is 9.00. The number of para-hydroxylation sites is 1. The monoisotopic (exact) mass is 847 g/mol. The van der Waals surface area contributed by atoms with Crippen molar-refractivity contribution in [1.82, 2.24) is 28.6 Å². The zero-order chi connectivity index (χ0) is 42.2. The Morgan fingerprint density at radius 3 is 2.51 bits per heavy atom. The second kappa shape index (κ2) is 17.2. The summed E-state index contributed by atoms with van der Waals surface area (Å²) < 4.78 is 56.8. The topological polar surface area (TPSA) is 129 Å². The molecule has 6 aromatic rings. The first-order valence-corrected chi connectivity index (χ1v) is 22.1. The lowest BCUT2D eigenvalue weighted by molar-refractivity contribution is 0.102. The number of benzene rings is 3. The Morgan fingerprint density at radius 1 is 0.918 bits per heavy atom. The zero-order valence-electron chi connectivity index (χ0n) is 34.2. The molecule has 3 aromatic heterocycles. The molecule has 9 rings (SSSR count).